The van der Waals surface area contributed by atoms with Crippen molar-refractivity contribution in [1.82, 2.24) is 15.5 Å². The van der Waals surface area contributed by atoms with E-state index in [9.17, 15) is 4.79 Å². The Kier molecular flexibility index (Phi) is 12.1. The molecule has 0 atom stereocenters. The topological polar surface area (TPSA) is 75.2 Å². The molecule has 0 spiro atoms. The van der Waals surface area contributed by atoms with Gasteiger partial charge in [-0.1, -0.05) is 19.3 Å². The van der Waals surface area contributed by atoms with Crippen molar-refractivity contribution >= 4 is 11.9 Å². The lowest BCUT2D eigenvalue weighted by Gasteiger charge is -2.26. The quantitative estimate of drug-likeness (QED) is 0.252. The van der Waals surface area contributed by atoms with Crippen LogP contribution >= 0.6 is 0 Å². The van der Waals surface area contributed by atoms with Crippen LogP contribution < -0.4 is 10.6 Å². The number of nitrogens with zero attached hydrogens (tertiary/aromatic N) is 2. The molecular formula is C17H34N4O3. The number of rotatable bonds is 11. The zero-order valence-electron chi connectivity index (χ0n) is 15.3. The molecule has 7 nitrogen and oxygen atoms in total. The molecule has 0 amide bonds. The van der Waals surface area contributed by atoms with Crippen molar-refractivity contribution in [3.63, 3.8) is 0 Å². The molecular weight excluding hydrogens is 308 g/mol. The summed E-state index contributed by atoms with van der Waals surface area (Å²) in [6.45, 7) is 6.55. The summed E-state index contributed by atoms with van der Waals surface area (Å²) < 4.78 is 9.97. The molecule has 0 aromatic heterocycles. The summed E-state index contributed by atoms with van der Waals surface area (Å²) in [7, 11) is 3.24. The normalized spacial score (nSPS) is 16.0. The first-order chi connectivity index (χ1) is 11.8. The lowest BCUT2D eigenvalue weighted by molar-refractivity contribution is -0.140. The van der Waals surface area contributed by atoms with E-state index in [1.54, 1.807) is 7.05 Å². The molecule has 1 aliphatic rings. The molecule has 1 saturated heterocycles. The van der Waals surface area contributed by atoms with Crippen LogP contribution in [0, 0.1) is 0 Å². The second-order valence-electron chi connectivity index (χ2n) is 5.97. The average molecular weight is 342 g/mol. The van der Waals surface area contributed by atoms with Gasteiger partial charge in [0.1, 0.15) is 0 Å². The lowest BCUT2D eigenvalue weighted by Crippen LogP contribution is -2.44. The number of guanidine groups is 1. The molecule has 0 unspecified atom stereocenters. The van der Waals surface area contributed by atoms with Crippen LogP contribution in [0.3, 0.4) is 0 Å². The minimum absolute atomic E-state index is 0.108. The highest BCUT2D eigenvalue weighted by molar-refractivity contribution is 5.79. The Labute approximate surface area is 146 Å². The third-order valence-corrected chi connectivity index (χ3v) is 4.13. The second-order valence-corrected chi connectivity index (χ2v) is 5.97. The van der Waals surface area contributed by atoms with Gasteiger partial charge in [0.25, 0.3) is 0 Å². The van der Waals surface area contributed by atoms with E-state index in [2.05, 4.69) is 25.3 Å². The first-order valence-electron chi connectivity index (χ1n) is 9.07. The predicted molar refractivity (Wildman–Crippen MR) is 96.3 cm³/mol. The summed E-state index contributed by atoms with van der Waals surface area (Å²) in [5.74, 6) is 0.762. The smallest absolute Gasteiger partial charge is 0.305 e. The Balaban J connectivity index is 1.93. The largest absolute Gasteiger partial charge is 0.469 e. The number of esters is 1. The SMILES string of the molecule is CN=C(NCCCCCCCC(=O)OC)NCCN1CCOCC1. The fraction of sp³-hybridized carbons (Fsp3) is 0.882. The zero-order valence-corrected chi connectivity index (χ0v) is 15.3. The number of ether oxygens (including phenoxy) is 2. The maximum Gasteiger partial charge on any atom is 0.305 e. The molecule has 0 aromatic rings. The van der Waals surface area contributed by atoms with Crippen LogP contribution in [0.25, 0.3) is 0 Å². The van der Waals surface area contributed by atoms with Crippen LogP contribution in [0.4, 0.5) is 0 Å². The number of methoxy groups -OCH3 is 1. The number of hydrogen-bond donors (Lipinski definition) is 2. The van der Waals surface area contributed by atoms with Crippen LogP contribution in [0.5, 0.6) is 0 Å². The molecule has 1 aliphatic heterocycles. The van der Waals surface area contributed by atoms with Gasteiger partial charge >= 0.3 is 5.97 Å². The first kappa shape index (κ1) is 20.7. The van der Waals surface area contributed by atoms with Crippen LogP contribution in [0.2, 0.25) is 0 Å². The van der Waals surface area contributed by atoms with Crippen molar-refractivity contribution in [3.05, 3.63) is 0 Å². The van der Waals surface area contributed by atoms with Crippen LogP contribution in [0.1, 0.15) is 38.5 Å². The van der Waals surface area contributed by atoms with Crippen molar-refractivity contribution in [2.24, 2.45) is 4.99 Å². The van der Waals surface area contributed by atoms with Crippen molar-refractivity contribution in [2.75, 3.05) is 60.1 Å². The third-order valence-electron chi connectivity index (χ3n) is 4.13. The van der Waals surface area contributed by atoms with E-state index in [0.717, 1.165) is 77.6 Å². The number of unbranched alkanes of at least 4 members (excludes halogenated alkanes) is 4. The molecule has 0 saturated carbocycles. The average Bonchev–Trinajstić information content (AvgIpc) is 2.62. The highest BCUT2D eigenvalue weighted by atomic mass is 16.5. The van der Waals surface area contributed by atoms with Gasteiger partial charge in [-0.15, -0.1) is 0 Å². The van der Waals surface area contributed by atoms with Gasteiger partial charge in [0.05, 0.1) is 20.3 Å². The van der Waals surface area contributed by atoms with Crippen LogP contribution in [-0.4, -0.2) is 76.9 Å². The summed E-state index contributed by atoms with van der Waals surface area (Å²) in [6, 6.07) is 0. The molecule has 0 aromatic carbocycles. The van der Waals surface area contributed by atoms with Crippen LogP contribution in [0.15, 0.2) is 4.99 Å². The Morgan fingerprint density at radius 2 is 1.75 bits per heavy atom. The van der Waals surface area contributed by atoms with Crippen molar-refractivity contribution < 1.29 is 14.3 Å². The number of morpholine rings is 1. The van der Waals surface area contributed by atoms with E-state index >= 15 is 0 Å². The number of carbonyl (C=O) groups excluding carboxylic acids is 1. The Morgan fingerprint density at radius 3 is 2.46 bits per heavy atom. The summed E-state index contributed by atoms with van der Waals surface area (Å²) in [5.41, 5.74) is 0. The van der Waals surface area contributed by atoms with Gasteiger partial charge in [-0.2, -0.15) is 0 Å². The van der Waals surface area contributed by atoms with Gasteiger partial charge in [-0.3, -0.25) is 14.7 Å². The fourth-order valence-electron chi connectivity index (χ4n) is 2.61. The molecule has 140 valence electrons. The Morgan fingerprint density at radius 1 is 1.08 bits per heavy atom. The van der Waals surface area contributed by atoms with Crippen LogP contribution in [-0.2, 0) is 14.3 Å². The molecule has 0 aliphatic carbocycles. The Hall–Kier alpha value is -1.34. The van der Waals surface area contributed by atoms with Crippen molar-refractivity contribution in [2.45, 2.75) is 38.5 Å². The summed E-state index contributed by atoms with van der Waals surface area (Å²) in [5, 5.41) is 6.70. The summed E-state index contributed by atoms with van der Waals surface area (Å²) in [6.07, 6.45) is 5.98. The molecule has 2 N–H and O–H groups in total. The summed E-state index contributed by atoms with van der Waals surface area (Å²) in [4.78, 5) is 17.6. The maximum atomic E-state index is 11.0. The predicted octanol–water partition coefficient (Wildman–Crippen LogP) is 0.997. The van der Waals surface area contributed by atoms with Gasteiger partial charge in [0, 0.05) is 46.2 Å². The number of nitrogens with one attached hydrogen (secondary N) is 2. The number of carbonyl (C=O) groups is 1. The number of aliphatic imine (C=N–C) groups is 1. The van der Waals surface area contributed by atoms with E-state index in [4.69, 9.17) is 4.74 Å². The van der Waals surface area contributed by atoms with Gasteiger partial charge in [-0.25, -0.2) is 0 Å². The minimum atomic E-state index is -0.108. The van der Waals surface area contributed by atoms with Gasteiger partial charge < -0.3 is 20.1 Å². The van der Waals surface area contributed by atoms with E-state index < -0.39 is 0 Å². The van der Waals surface area contributed by atoms with Crippen molar-refractivity contribution in [1.29, 1.82) is 0 Å². The molecule has 0 radical (unpaired) electrons. The lowest BCUT2D eigenvalue weighted by atomic mass is 10.1. The minimum Gasteiger partial charge on any atom is -0.469 e. The third kappa shape index (κ3) is 10.4. The van der Waals surface area contributed by atoms with E-state index in [0.29, 0.717) is 6.42 Å². The van der Waals surface area contributed by atoms with E-state index in [1.807, 2.05) is 0 Å². The maximum absolute atomic E-state index is 11.0. The zero-order chi connectivity index (χ0) is 17.5. The molecule has 1 rings (SSSR count). The van der Waals surface area contributed by atoms with Gasteiger partial charge in [0.15, 0.2) is 5.96 Å². The highest BCUT2D eigenvalue weighted by Gasteiger charge is 2.09. The molecule has 24 heavy (non-hydrogen) atoms. The standard InChI is InChI=1S/C17H34N4O3/c1-18-17(20-10-11-21-12-14-24-15-13-21)19-9-7-5-3-4-6-8-16(22)23-2/h3-15H2,1-2H3,(H2,18,19,20). The summed E-state index contributed by atoms with van der Waals surface area (Å²) >= 11 is 0. The molecule has 0 bridgehead atoms. The molecule has 1 fully saturated rings. The van der Waals surface area contributed by atoms with Gasteiger partial charge in [0.2, 0.25) is 0 Å². The monoisotopic (exact) mass is 342 g/mol. The fourth-order valence-corrected chi connectivity index (χ4v) is 2.61. The Bertz CT molecular complexity index is 358. The van der Waals surface area contributed by atoms with E-state index in [1.165, 1.54) is 13.5 Å². The molecule has 7 heteroatoms. The van der Waals surface area contributed by atoms with Gasteiger partial charge in [-0.05, 0) is 12.8 Å². The number of hydrogen-bond acceptors (Lipinski definition) is 5. The molecule has 1 heterocycles. The highest BCUT2D eigenvalue weighted by Crippen LogP contribution is 2.05. The first-order valence-corrected chi connectivity index (χ1v) is 9.07. The van der Waals surface area contributed by atoms with E-state index in [-0.39, 0.29) is 5.97 Å². The van der Waals surface area contributed by atoms with Crippen molar-refractivity contribution in [3.8, 4) is 0 Å². The second kappa shape index (κ2) is 14.0.